The molecule has 1 fully saturated rings. The number of methoxy groups -OCH3 is 1. The molecule has 0 aromatic rings. The number of piperazine rings is 1. The molecule has 0 spiro atoms. The van der Waals surface area contributed by atoms with Gasteiger partial charge in [-0.1, -0.05) is 0 Å². The zero-order valence-electron chi connectivity index (χ0n) is 24.5. The summed E-state index contributed by atoms with van der Waals surface area (Å²) in [7, 11) is 4.78. The highest BCUT2D eigenvalue weighted by atomic mass is 16.5. The summed E-state index contributed by atoms with van der Waals surface area (Å²) in [5.74, 6) is -1.96. The summed E-state index contributed by atoms with van der Waals surface area (Å²) in [5.41, 5.74) is 1.37. The number of rotatable bonds is 6. The first-order valence-electron chi connectivity index (χ1n) is 14.0. The van der Waals surface area contributed by atoms with Crippen molar-refractivity contribution in [2.45, 2.75) is 69.9 Å². The van der Waals surface area contributed by atoms with E-state index in [0.717, 1.165) is 0 Å². The van der Waals surface area contributed by atoms with Crippen molar-refractivity contribution >= 4 is 29.0 Å². The minimum atomic E-state index is -0.892. The molecule has 1 unspecified atom stereocenters. The predicted molar refractivity (Wildman–Crippen MR) is 148 cm³/mol. The highest BCUT2D eigenvalue weighted by Crippen LogP contribution is 2.48. The minimum absolute atomic E-state index is 0.0108. The molecule has 5 rings (SSSR count). The van der Waals surface area contributed by atoms with Crippen LogP contribution in [-0.4, -0.2) is 115 Å². The van der Waals surface area contributed by atoms with Gasteiger partial charge in [-0.2, -0.15) is 5.26 Å². The van der Waals surface area contributed by atoms with Gasteiger partial charge in [0, 0.05) is 57.6 Å². The van der Waals surface area contributed by atoms with Gasteiger partial charge >= 0.3 is 0 Å². The summed E-state index contributed by atoms with van der Waals surface area (Å²) in [5, 5.41) is 26.3. The summed E-state index contributed by atoms with van der Waals surface area (Å²) in [4.78, 5) is 71.4. The van der Waals surface area contributed by atoms with Crippen LogP contribution in [0.1, 0.15) is 33.6 Å². The molecule has 3 heterocycles. The second-order valence-electron chi connectivity index (χ2n) is 11.5. The summed E-state index contributed by atoms with van der Waals surface area (Å²) >= 11 is 0. The number of Topliss-reactive ketones (excluding diaryl/α,β-unsaturated/α-hetero) is 4. The lowest BCUT2D eigenvalue weighted by Crippen LogP contribution is -2.74. The SMILES string of the molecule is CNC(C)C(=O)NC[C@@H]1C2=C(C[C@H]3[C@@H]4C5=C(C[C@H]([C@H](C#N)N13)N4C)C(=O)C(C)=C(OC)C5=O)C(=O)C(C)=C(CO)C2=O. The van der Waals surface area contributed by atoms with Crippen molar-refractivity contribution in [3.8, 4) is 6.07 Å². The lowest BCUT2D eigenvalue weighted by molar-refractivity contribution is -0.126. The molecule has 0 saturated carbocycles. The van der Waals surface area contributed by atoms with Gasteiger partial charge in [0.05, 0.1) is 37.9 Å². The van der Waals surface area contributed by atoms with E-state index in [2.05, 4.69) is 16.7 Å². The Labute approximate surface area is 243 Å². The van der Waals surface area contributed by atoms with Crippen LogP contribution in [0.3, 0.4) is 0 Å². The Morgan fingerprint density at radius 1 is 1.05 bits per heavy atom. The van der Waals surface area contributed by atoms with Crippen molar-refractivity contribution in [2.75, 3.05) is 34.4 Å². The van der Waals surface area contributed by atoms with E-state index in [1.54, 1.807) is 27.9 Å². The molecule has 2 aliphatic carbocycles. The Bertz CT molecular complexity index is 1490. The molecule has 222 valence electrons. The maximum Gasteiger partial charge on any atom is 0.236 e. The zero-order valence-corrected chi connectivity index (χ0v) is 24.5. The lowest BCUT2D eigenvalue weighted by atomic mass is 9.67. The molecule has 12 heteroatoms. The van der Waals surface area contributed by atoms with Gasteiger partial charge in [-0.25, -0.2) is 0 Å². The van der Waals surface area contributed by atoms with Crippen molar-refractivity contribution in [2.24, 2.45) is 0 Å². The van der Waals surface area contributed by atoms with Crippen molar-refractivity contribution in [3.63, 3.8) is 0 Å². The number of likely N-dealkylation sites (N-methyl/N-ethyl adjacent to an activating group) is 2. The van der Waals surface area contributed by atoms with Crippen LogP contribution in [0.4, 0.5) is 0 Å². The zero-order chi connectivity index (χ0) is 30.8. The van der Waals surface area contributed by atoms with Crippen molar-refractivity contribution in [3.05, 3.63) is 44.8 Å². The third-order valence-corrected chi connectivity index (χ3v) is 9.64. The second kappa shape index (κ2) is 10.8. The van der Waals surface area contributed by atoms with Gasteiger partial charge in [0.15, 0.2) is 23.1 Å². The van der Waals surface area contributed by atoms with Crippen LogP contribution >= 0.6 is 0 Å². The van der Waals surface area contributed by atoms with Crippen molar-refractivity contribution < 1.29 is 33.8 Å². The first-order chi connectivity index (χ1) is 19.9. The topological polar surface area (TPSA) is 169 Å². The molecule has 5 aliphatic rings. The Kier molecular flexibility index (Phi) is 7.66. The summed E-state index contributed by atoms with van der Waals surface area (Å²) in [6.07, 6.45) is 0.175. The number of aliphatic hydroxyl groups excluding tert-OH is 1. The molecule has 0 aromatic carbocycles. The molecular formula is C30H35N5O7. The van der Waals surface area contributed by atoms with Crippen LogP contribution in [0.2, 0.25) is 0 Å². The van der Waals surface area contributed by atoms with Crippen LogP contribution in [0, 0.1) is 11.3 Å². The van der Waals surface area contributed by atoms with Gasteiger partial charge in [-0.05, 0) is 47.7 Å². The van der Waals surface area contributed by atoms with Gasteiger partial charge in [-0.3, -0.25) is 33.8 Å². The Hall–Kier alpha value is -3.76. The number of hydrogen-bond donors (Lipinski definition) is 3. The maximum atomic E-state index is 13.8. The van der Waals surface area contributed by atoms with Gasteiger partial charge in [0.25, 0.3) is 0 Å². The van der Waals surface area contributed by atoms with Gasteiger partial charge in [-0.15, -0.1) is 0 Å². The fourth-order valence-electron chi connectivity index (χ4n) is 7.31. The first-order valence-corrected chi connectivity index (χ1v) is 14.0. The third kappa shape index (κ3) is 4.06. The third-order valence-electron chi connectivity index (χ3n) is 9.64. The molecule has 0 aromatic heterocycles. The van der Waals surface area contributed by atoms with Gasteiger partial charge < -0.3 is 20.5 Å². The average molecular weight is 578 g/mol. The Balaban J connectivity index is 1.70. The number of ether oxygens (including phenoxy) is 1. The number of nitriles is 1. The molecule has 3 aliphatic heterocycles. The summed E-state index contributed by atoms with van der Waals surface area (Å²) in [6, 6.07) is -1.76. The number of carbonyl (C=O) groups is 5. The van der Waals surface area contributed by atoms with E-state index in [-0.39, 0.29) is 70.3 Å². The number of nitrogens with one attached hydrogen (secondary N) is 2. The van der Waals surface area contributed by atoms with Crippen molar-refractivity contribution in [1.29, 1.82) is 5.26 Å². The highest BCUT2D eigenvalue weighted by Gasteiger charge is 2.59. The lowest BCUT2D eigenvalue weighted by Gasteiger charge is -2.60. The monoisotopic (exact) mass is 577 g/mol. The molecular weight excluding hydrogens is 542 g/mol. The number of hydrogen-bond acceptors (Lipinski definition) is 11. The normalized spacial score (nSPS) is 30.7. The smallest absolute Gasteiger partial charge is 0.236 e. The molecule has 1 saturated heterocycles. The number of carbonyl (C=O) groups excluding carboxylic acids is 5. The summed E-state index contributed by atoms with van der Waals surface area (Å²) < 4.78 is 5.36. The Morgan fingerprint density at radius 2 is 1.67 bits per heavy atom. The van der Waals surface area contributed by atoms with Crippen LogP contribution in [0.25, 0.3) is 0 Å². The van der Waals surface area contributed by atoms with E-state index in [4.69, 9.17) is 4.74 Å². The van der Waals surface area contributed by atoms with Gasteiger partial charge in [0.1, 0.15) is 6.04 Å². The van der Waals surface area contributed by atoms with E-state index in [9.17, 15) is 34.3 Å². The molecule has 12 nitrogen and oxygen atoms in total. The number of ketones is 4. The van der Waals surface area contributed by atoms with Crippen LogP contribution < -0.4 is 10.6 Å². The molecule has 0 radical (unpaired) electrons. The molecule has 3 N–H and O–H groups in total. The van der Waals surface area contributed by atoms with Crippen LogP contribution in [-0.2, 0) is 28.7 Å². The molecule has 6 atom stereocenters. The van der Waals surface area contributed by atoms with E-state index in [0.29, 0.717) is 5.57 Å². The molecule has 1 amide bonds. The summed E-state index contributed by atoms with van der Waals surface area (Å²) in [6.45, 7) is 4.01. The number of nitrogens with zero attached hydrogens (tertiary/aromatic N) is 3. The minimum Gasteiger partial charge on any atom is -0.492 e. The van der Waals surface area contributed by atoms with E-state index in [1.807, 2.05) is 9.80 Å². The van der Waals surface area contributed by atoms with Crippen LogP contribution in [0.5, 0.6) is 0 Å². The van der Waals surface area contributed by atoms with Crippen LogP contribution in [0.15, 0.2) is 44.8 Å². The number of aliphatic hydroxyl groups is 1. The quantitative estimate of drug-likeness (QED) is 0.340. The maximum absolute atomic E-state index is 13.8. The fraction of sp³-hybridized carbons (Fsp3) is 0.533. The van der Waals surface area contributed by atoms with E-state index < -0.39 is 60.2 Å². The second-order valence-corrected chi connectivity index (χ2v) is 11.5. The van der Waals surface area contributed by atoms with Crippen molar-refractivity contribution in [1.82, 2.24) is 20.4 Å². The van der Waals surface area contributed by atoms with E-state index in [1.165, 1.54) is 14.0 Å². The Morgan fingerprint density at radius 3 is 2.26 bits per heavy atom. The number of amides is 1. The molecule has 2 bridgehead atoms. The molecule has 42 heavy (non-hydrogen) atoms. The van der Waals surface area contributed by atoms with E-state index >= 15 is 0 Å². The highest BCUT2D eigenvalue weighted by molar-refractivity contribution is 6.26. The standard InChI is InChI=1S/C30H35N5O7/c1-12-17(11-36)27(39)22-15(25(12)37)8-19-24-23-16(26(38)13(2)29(42-6)28(23)40)7-18(34(24)5)20(9-31)35(19)21(22)10-33-30(41)14(3)32-4/h14,18-21,24,32,36H,7-8,10-11H2,1-6H3,(H,33,41)/t14?,18-,19+,20+,21-,24-/m1/s1. The predicted octanol–water partition coefficient (Wildman–Crippen LogP) is -0.742. The largest absolute Gasteiger partial charge is 0.492 e. The first kappa shape index (κ1) is 29.7. The number of allylic oxidation sites excluding steroid dienone is 3. The average Bonchev–Trinajstić information content (AvgIpc) is 2.97. The number of fused-ring (bicyclic) bond motifs is 5. The fourth-order valence-corrected chi connectivity index (χ4v) is 7.31. The van der Waals surface area contributed by atoms with Gasteiger partial charge in [0.2, 0.25) is 11.7 Å².